The molecule has 0 aliphatic carbocycles. The fraction of sp³-hybridized carbons (Fsp3) is 0.227. The van der Waals surface area contributed by atoms with Crippen molar-refractivity contribution in [1.29, 1.82) is 0 Å². The lowest BCUT2D eigenvalue weighted by molar-refractivity contribution is -0.118. The first-order chi connectivity index (χ1) is 14.1. The molecule has 0 amide bonds. The minimum atomic E-state index is 0.201. The molecule has 0 saturated heterocycles. The number of aromatic nitrogens is 5. The van der Waals surface area contributed by atoms with E-state index < -0.39 is 0 Å². The summed E-state index contributed by atoms with van der Waals surface area (Å²) < 4.78 is 1.73. The van der Waals surface area contributed by atoms with Crippen molar-refractivity contribution in [2.75, 3.05) is 18.5 Å². The number of benzene rings is 1. The van der Waals surface area contributed by atoms with Crippen LogP contribution in [0.4, 0.5) is 5.82 Å². The van der Waals surface area contributed by atoms with Gasteiger partial charge >= 0.3 is 0 Å². The summed E-state index contributed by atoms with van der Waals surface area (Å²) >= 11 is 0. The summed E-state index contributed by atoms with van der Waals surface area (Å²) in [5, 5.41) is 5.19. The van der Waals surface area contributed by atoms with Gasteiger partial charge in [0.05, 0.1) is 11.6 Å². The smallest absolute Gasteiger partial charge is 0.165 e. The molecule has 4 rings (SSSR count). The lowest BCUT2D eigenvalue weighted by Gasteiger charge is -2.19. The van der Waals surface area contributed by atoms with Crippen LogP contribution in [0, 0.1) is 0 Å². The Morgan fingerprint density at radius 3 is 2.66 bits per heavy atom. The maximum atomic E-state index is 12.4. The zero-order valence-electron chi connectivity index (χ0n) is 16.5. The van der Waals surface area contributed by atoms with Crippen LogP contribution >= 0.6 is 0 Å². The van der Waals surface area contributed by atoms with Crippen molar-refractivity contribution >= 4 is 22.6 Å². The number of carbonyl (C=O) groups is 1. The monoisotopic (exact) mass is 386 g/mol. The normalized spacial score (nSPS) is 11.0. The molecule has 3 heterocycles. The molecule has 0 radical (unpaired) electrons. The van der Waals surface area contributed by atoms with Gasteiger partial charge in [0.15, 0.2) is 11.5 Å². The second-order valence-electron chi connectivity index (χ2n) is 6.99. The van der Waals surface area contributed by atoms with Crippen LogP contribution in [0.1, 0.15) is 12.0 Å². The Bertz CT molecular complexity index is 1120. The molecule has 7 nitrogen and oxygen atoms in total. The summed E-state index contributed by atoms with van der Waals surface area (Å²) in [5.41, 5.74) is 2.62. The van der Waals surface area contributed by atoms with E-state index in [1.807, 2.05) is 61.5 Å². The molecule has 0 spiro atoms. The maximum absolute atomic E-state index is 12.4. The molecular weight excluding hydrogens is 364 g/mol. The number of hydrogen-bond donors (Lipinski definition) is 0. The highest BCUT2D eigenvalue weighted by molar-refractivity contribution is 5.89. The molecular formula is C22H22N6O. The Labute approximate surface area is 169 Å². The standard InChI is InChI=1S/C22H22N6O/c1-27(12-10-18(29)13-16-7-4-3-5-8-16)21-19-15-24-28(2)22(19)26-20(25-21)17-9-6-11-23-14-17/h3-9,11,14-15H,10,12-13H2,1-2H3. The summed E-state index contributed by atoms with van der Waals surface area (Å²) in [5.74, 6) is 1.55. The van der Waals surface area contributed by atoms with Crippen LogP contribution in [0.25, 0.3) is 22.4 Å². The Hall–Kier alpha value is -3.61. The average molecular weight is 386 g/mol. The summed E-state index contributed by atoms with van der Waals surface area (Å²) in [6.45, 7) is 0.569. The average Bonchev–Trinajstić information content (AvgIpc) is 3.13. The molecule has 0 fully saturated rings. The van der Waals surface area contributed by atoms with Gasteiger partial charge in [-0.2, -0.15) is 5.10 Å². The Morgan fingerprint density at radius 1 is 1.07 bits per heavy atom. The van der Waals surface area contributed by atoms with E-state index in [4.69, 9.17) is 4.98 Å². The number of carbonyl (C=O) groups excluding carboxylic acids is 1. The van der Waals surface area contributed by atoms with Gasteiger partial charge in [0.25, 0.3) is 0 Å². The highest BCUT2D eigenvalue weighted by atomic mass is 16.1. The van der Waals surface area contributed by atoms with Crippen molar-refractivity contribution < 1.29 is 4.79 Å². The molecule has 4 aromatic rings. The highest BCUT2D eigenvalue weighted by Crippen LogP contribution is 2.26. The first-order valence-corrected chi connectivity index (χ1v) is 9.49. The number of rotatable bonds is 7. The summed E-state index contributed by atoms with van der Waals surface area (Å²) in [6.07, 6.45) is 6.11. The number of nitrogens with zero attached hydrogens (tertiary/aromatic N) is 6. The predicted molar refractivity (Wildman–Crippen MR) is 113 cm³/mol. The third kappa shape index (κ3) is 4.13. The van der Waals surface area contributed by atoms with E-state index in [2.05, 4.69) is 15.1 Å². The number of fused-ring (bicyclic) bond motifs is 1. The zero-order chi connectivity index (χ0) is 20.2. The largest absolute Gasteiger partial charge is 0.359 e. The predicted octanol–water partition coefficient (Wildman–Crippen LogP) is 3.06. The fourth-order valence-electron chi connectivity index (χ4n) is 3.23. The first kappa shape index (κ1) is 18.7. The molecule has 0 N–H and O–H groups in total. The van der Waals surface area contributed by atoms with E-state index in [9.17, 15) is 4.79 Å². The number of pyridine rings is 1. The molecule has 1 aromatic carbocycles. The van der Waals surface area contributed by atoms with Gasteiger partial charge in [-0.25, -0.2) is 9.97 Å². The van der Waals surface area contributed by atoms with E-state index in [0.717, 1.165) is 28.0 Å². The second kappa shape index (κ2) is 8.18. The van der Waals surface area contributed by atoms with E-state index in [0.29, 0.717) is 25.2 Å². The first-order valence-electron chi connectivity index (χ1n) is 9.49. The summed E-state index contributed by atoms with van der Waals surface area (Å²) in [4.78, 5) is 28.0. The molecule has 0 bridgehead atoms. The fourth-order valence-corrected chi connectivity index (χ4v) is 3.23. The maximum Gasteiger partial charge on any atom is 0.165 e. The minimum absolute atomic E-state index is 0.201. The quantitative estimate of drug-likeness (QED) is 0.486. The SMILES string of the molecule is CN(CCC(=O)Cc1ccccc1)c1nc(-c2cccnc2)nc2c1cnn2C. The van der Waals surface area contributed by atoms with E-state index in [1.165, 1.54) is 0 Å². The van der Waals surface area contributed by atoms with Crippen molar-refractivity contribution in [3.8, 4) is 11.4 Å². The van der Waals surface area contributed by atoms with Crippen molar-refractivity contribution in [2.45, 2.75) is 12.8 Å². The second-order valence-corrected chi connectivity index (χ2v) is 6.99. The van der Waals surface area contributed by atoms with E-state index >= 15 is 0 Å². The summed E-state index contributed by atoms with van der Waals surface area (Å²) in [6, 6.07) is 13.6. The van der Waals surface area contributed by atoms with Crippen molar-refractivity contribution in [1.82, 2.24) is 24.7 Å². The van der Waals surface area contributed by atoms with Crippen LogP contribution in [0.5, 0.6) is 0 Å². The Balaban J connectivity index is 1.56. The number of ketones is 1. The van der Waals surface area contributed by atoms with Crippen LogP contribution in [0.15, 0.2) is 61.1 Å². The van der Waals surface area contributed by atoms with Gasteiger partial charge in [0.1, 0.15) is 11.6 Å². The van der Waals surface area contributed by atoms with Gasteiger partial charge in [-0.15, -0.1) is 0 Å². The molecule has 146 valence electrons. The van der Waals surface area contributed by atoms with Crippen LogP contribution in [-0.2, 0) is 18.3 Å². The van der Waals surface area contributed by atoms with Crippen molar-refractivity contribution in [3.05, 3.63) is 66.6 Å². The number of hydrogen-bond acceptors (Lipinski definition) is 6. The van der Waals surface area contributed by atoms with Crippen molar-refractivity contribution in [3.63, 3.8) is 0 Å². The third-order valence-corrected chi connectivity index (χ3v) is 4.82. The number of anilines is 1. The number of aryl methyl sites for hydroxylation is 1. The van der Waals surface area contributed by atoms with Crippen molar-refractivity contribution in [2.24, 2.45) is 7.05 Å². The molecule has 0 aliphatic heterocycles. The molecule has 0 aliphatic rings. The Kier molecular flexibility index (Phi) is 5.29. The highest BCUT2D eigenvalue weighted by Gasteiger charge is 2.16. The summed E-state index contributed by atoms with van der Waals surface area (Å²) in [7, 11) is 3.80. The van der Waals surface area contributed by atoms with Gasteiger partial charge in [0.2, 0.25) is 0 Å². The van der Waals surface area contributed by atoms with Crippen LogP contribution in [-0.4, -0.2) is 44.1 Å². The van der Waals surface area contributed by atoms with Crippen LogP contribution in [0.3, 0.4) is 0 Å². The van der Waals surface area contributed by atoms with Gasteiger partial charge in [-0.05, 0) is 17.7 Å². The van der Waals surface area contributed by atoms with Gasteiger partial charge in [-0.3, -0.25) is 14.5 Å². The molecule has 7 heteroatoms. The lowest BCUT2D eigenvalue weighted by atomic mass is 10.1. The molecule has 0 saturated carbocycles. The minimum Gasteiger partial charge on any atom is -0.359 e. The van der Waals surface area contributed by atoms with Crippen LogP contribution < -0.4 is 4.90 Å². The van der Waals surface area contributed by atoms with E-state index in [1.54, 1.807) is 23.3 Å². The molecule has 29 heavy (non-hydrogen) atoms. The Morgan fingerprint density at radius 2 is 1.90 bits per heavy atom. The molecule has 0 atom stereocenters. The van der Waals surface area contributed by atoms with E-state index in [-0.39, 0.29) is 5.78 Å². The topological polar surface area (TPSA) is 76.8 Å². The lowest BCUT2D eigenvalue weighted by Crippen LogP contribution is -2.23. The van der Waals surface area contributed by atoms with Crippen LogP contribution in [0.2, 0.25) is 0 Å². The zero-order valence-corrected chi connectivity index (χ0v) is 16.5. The van der Waals surface area contributed by atoms with Gasteiger partial charge < -0.3 is 4.90 Å². The van der Waals surface area contributed by atoms with Gasteiger partial charge in [0, 0.05) is 51.4 Å². The molecule has 0 unspecified atom stereocenters. The number of Topliss-reactive ketones (excluding diaryl/α,β-unsaturated/α-hetero) is 1. The third-order valence-electron chi connectivity index (χ3n) is 4.82. The van der Waals surface area contributed by atoms with Gasteiger partial charge in [-0.1, -0.05) is 30.3 Å². The molecule has 3 aromatic heterocycles.